The van der Waals surface area contributed by atoms with Gasteiger partial charge in [0.2, 0.25) is 0 Å². The van der Waals surface area contributed by atoms with E-state index >= 15 is 0 Å². The molecule has 1 aromatic carbocycles. The van der Waals surface area contributed by atoms with Gasteiger partial charge in [0, 0.05) is 36.9 Å². The van der Waals surface area contributed by atoms with Gasteiger partial charge >= 0.3 is 6.03 Å². The van der Waals surface area contributed by atoms with Crippen molar-refractivity contribution in [2.45, 2.75) is 51.0 Å². The van der Waals surface area contributed by atoms with Gasteiger partial charge in [0.25, 0.3) is 0 Å². The minimum Gasteiger partial charge on any atom is -0.335 e. The number of carbonyl (C=O) groups is 1. The lowest BCUT2D eigenvalue weighted by atomic mass is 9.88. The summed E-state index contributed by atoms with van der Waals surface area (Å²) in [6, 6.07) is 10.9. The Labute approximate surface area is 154 Å². The second-order valence-electron chi connectivity index (χ2n) is 7.45. The molecule has 0 radical (unpaired) electrons. The molecule has 2 heterocycles. The maximum absolute atomic E-state index is 12.7. The lowest BCUT2D eigenvalue weighted by Crippen LogP contribution is -2.49. The van der Waals surface area contributed by atoms with Crippen LogP contribution in [0.4, 0.5) is 4.79 Å². The van der Waals surface area contributed by atoms with Crippen molar-refractivity contribution in [1.82, 2.24) is 20.2 Å². The molecule has 1 atom stereocenters. The third kappa shape index (κ3) is 3.71. The van der Waals surface area contributed by atoms with Gasteiger partial charge in [-0.05, 0) is 56.2 Å². The zero-order valence-electron chi connectivity index (χ0n) is 15.3. The molecule has 1 aliphatic carbocycles. The summed E-state index contributed by atoms with van der Waals surface area (Å²) >= 11 is 0. The summed E-state index contributed by atoms with van der Waals surface area (Å²) in [7, 11) is 0. The number of aromatic nitrogens is 2. The molecule has 4 rings (SSSR count). The lowest BCUT2D eigenvalue weighted by Gasteiger charge is -2.34. The minimum absolute atomic E-state index is 0.0895. The summed E-state index contributed by atoms with van der Waals surface area (Å²) in [5.74, 6) is 1.25. The molecule has 1 saturated heterocycles. The number of nitrogens with zero attached hydrogens (tertiary/aromatic N) is 3. The van der Waals surface area contributed by atoms with Crippen LogP contribution in [0.25, 0.3) is 0 Å². The molecule has 2 amide bonds. The first-order chi connectivity index (χ1) is 12.7. The van der Waals surface area contributed by atoms with E-state index in [-0.39, 0.29) is 12.1 Å². The van der Waals surface area contributed by atoms with Crippen molar-refractivity contribution in [3.63, 3.8) is 0 Å². The van der Waals surface area contributed by atoms with E-state index in [0.29, 0.717) is 5.92 Å². The van der Waals surface area contributed by atoms with Gasteiger partial charge in [-0.25, -0.2) is 14.8 Å². The summed E-state index contributed by atoms with van der Waals surface area (Å²) in [6.07, 6.45) is 6.79. The molecule has 0 saturated carbocycles. The Morgan fingerprint density at radius 2 is 1.88 bits per heavy atom. The number of likely N-dealkylation sites (tertiary alicyclic amines) is 1. The molecule has 1 N–H and O–H groups in total. The van der Waals surface area contributed by atoms with Gasteiger partial charge in [0.05, 0.1) is 0 Å². The predicted molar refractivity (Wildman–Crippen MR) is 101 cm³/mol. The largest absolute Gasteiger partial charge is 0.335 e. The van der Waals surface area contributed by atoms with Crippen LogP contribution in [-0.4, -0.2) is 40.0 Å². The number of urea groups is 1. The van der Waals surface area contributed by atoms with Gasteiger partial charge < -0.3 is 10.2 Å². The van der Waals surface area contributed by atoms with Crippen LogP contribution in [0.1, 0.15) is 47.8 Å². The first-order valence-corrected chi connectivity index (χ1v) is 9.61. The second kappa shape index (κ2) is 7.44. The average Bonchev–Trinajstić information content (AvgIpc) is 2.68. The average molecular weight is 350 g/mol. The number of nitrogens with one attached hydrogen (secondary N) is 1. The van der Waals surface area contributed by atoms with Crippen LogP contribution in [0.5, 0.6) is 0 Å². The van der Waals surface area contributed by atoms with E-state index in [0.717, 1.165) is 56.7 Å². The number of piperidine rings is 1. The summed E-state index contributed by atoms with van der Waals surface area (Å²) in [5, 5.41) is 3.25. The van der Waals surface area contributed by atoms with Gasteiger partial charge in [-0.1, -0.05) is 24.3 Å². The van der Waals surface area contributed by atoms with E-state index in [9.17, 15) is 4.79 Å². The molecule has 1 unspecified atom stereocenters. The fourth-order valence-electron chi connectivity index (χ4n) is 4.17. The second-order valence-corrected chi connectivity index (χ2v) is 7.45. The van der Waals surface area contributed by atoms with E-state index < -0.39 is 0 Å². The molecule has 5 nitrogen and oxygen atoms in total. The van der Waals surface area contributed by atoms with E-state index in [2.05, 4.69) is 39.6 Å². The first kappa shape index (κ1) is 17.0. The number of fused-ring (bicyclic) bond motifs is 1. The van der Waals surface area contributed by atoms with E-state index in [4.69, 9.17) is 0 Å². The molecule has 0 bridgehead atoms. The van der Waals surface area contributed by atoms with Crippen LogP contribution in [-0.2, 0) is 12.8 Å². The van der Waals surface area contributed by atoms with Crippen LogP contribution in [0.2, 0.25) is 0 Å². The van der Waals surface area contributed by atoms with Crippen molar-refractivity contribution < 1.29 is 4.79 Å². The van der Waals surface area contributed by atoms with Crippen molar-refractivity contribution in [2.75, 3.05) is 13.1 Å². The monoisotopic (exact) mass is 350 g/mol. The number of amides is 2. The van der Waals surface area contributed by atoms with E-state index in [1.165, 1.54) is 11.1 Å². The smallest absolute Gasteiger partial charge is 0.317 e. The molecule has 26 heavy (non-hydrogen) atoms. The van der Waals surface area contributed by atoms with Gasteiger partial charge in [-0.3, -0.25) is 0 Å². The normalized spacial score (nSPS) is 20.5. The van der Waals surface area contributed by atoms with Crippen molar-refractivity contribution in [3.8, 4) is 0 Å². The highest BCUT2D eigenvalue weighted by Gasteiger charge is 2.27. The molecule has 0 spiro atoms. The van der Waals surface area contributed by atoms with E-state index in [1.807, 2.05) is 24.1 Å². The summed E-state index contributed by atoms with van der Waals surface area (Å²) in [4.78, 5) is 23.4. The van der Waals surface area contributed by atoms with E-state index in [1.54, 1.807) is 0 Å². The number of hydrogen-bond donors (Lipinski definition) is 1. The molecule has 1 fully saturated rings. The molecule has 2 aromatic rings. The van der Waals surface area contributed by atoms with Gasteiger partial charge in [0.15, 0.2) is 0 Å². The Hall–Kier alpha value is -2.43. The highest BCUT2D eigenvalue weighted by Crippen LogP contribution is 2.27. The Morgan fingerprint density at radius 1 is 1.12 bits per heavy atom. The standard InChI is InChI=1S/C21H26N4O/c1-15-22-11-8-20(23-15)17-9-12-25(13-10-17)21(26)24-19-7-6-16-4-2-3-5-18(16)14-19/h2-5,8,11,17,19H,6-7,9-10,12-14H2,1H3,(H,24,26). The Morgan fingerprint density at radius 3 is 2.65 bits per heavy atom. The number of benzene rings is 1. The highest BCUT2D eigenvalue weighted by molar-refractivity contribution is 5.74. The van der Waals surface area contributed by atoms with Crippen LogP contribution < -0.4 is 5.32 Å². The van der Waals surface area contributed by atoms with Gasteiger partial charge in [-0.2, -0.15) is 0 Å². The lowest BCUT2D eigenvalue weighted by molar-refractivity contribution is 0.176. The summed E-state index contributed by atoms with van der Waals surface area (Å²) in [5.41, 5.74) is 3.92. The van der Waals surface area contributed by atoms with Crippen LogP contribution >= 0.6 is 0 Å². The Balaban J connectivity index is 1.30. The highest BCUT2D eigenvalue weighted by atomic mass is 16.2. The van der Waals surface area contributed by atoms with Crippen LogP contribution in [0.3, 0.4) is 0 Å². The molecular formula is C21H26N4O. The first-order valence-electron chi connectivity index (χ1n) is 9.61. The minimum atomic E-state index is 0.0895. The number of hydrogen-bond acceptors (Lipinski definition) is 3. The Kier molecular flexibility index (Phi) is 4.87. The van der Waals surface area contributed by atoms with Gasteiger partial charge in [-0.15, -0.1) is 0 Å². The number of aryl methyl sites for hydroxylation is 2. The fourth-order valence-corrected chi connectivity index (χ4v) is 4.17. The quantitative estimate of drug-likeness (QED) is 0.905. The fraction of sp³-hybridized carbons (Fsp3) is 0.476. The van der Waals surface area contributed by atoms with Crippen LogP contribution in [0, 0.1) is 6.92 Å². The SMILES string of the molecule is Cc1nccc(C2CCN(C(=O)NC3CCc4ccccc4C3)CC2)n1. The number of rotatable bonds is 2. The third-order valence-corrected chi connectivity index (χ3v) is 5.67. The zero-order valence-corrected chi connectivity index (χ0v) is 15.3. The molecule has 136 valence electrons. The third-order valence-electron chi connectivity index (χ3n) is 5.67. The van der Waals surface area contributed by atoms with Crippen molar-refractivity contribution in [2.24, 2.45) is 0 Å². The summed E-state index contributed by atoms with van der Waals surface area (Å²) in [6.45, 7) is 3.51. The molecule has 5 heteroatoms. The maximum atomic E-state index is 12.7. The maximum Gasteiger partial charge on any atom is 0.317 e. The molecular weight excluding hydrogens is 324 g/mol. The van der Waals surface area contributed by atoms with Crippen molar-refractivity contribution >= 4 is 6.03 Å². The van der Waals surface area contributed by atoms with Crippen LogP contribution in [0.15, 0.2) is 36.5 Å². The van der Waals surface area contributed by atoms with Crippen molar-refractivity contribution in [3.05, 3.63) is 59.2 Å². The summed E-state index contributed by atoms with van der Waals surface area (Å²) < 4.78 is 0. The predicted octanol–water partition coefficient (Wildman–Crippen LogP) is 3.23. The molecule has 1 aromatic heterocycles. The number of carbonyl (C=O) groups excluding carboxylic acids is 1. The molecule has 2 aliphatic rings. The Bertz CT molecular complexity index is 783. The molecule has 1 aliphatic heterocycles. The van der Waals surface area contributed by atoms with Crippen molar-refractivity contribution in [1.29, 1.82) is 0 Å². The van der Waals surface area contributed by atoms with Gasteiger partial charge in [0.1, 0.15) is 5.82 Å². The topological polar surface area (TPSA) is 58.1 Å². The zero-order chi connectivity index (χ0) is 17.9.